The molecule has 1 saturated carbocycles. The third-order valence-corrected chi connectivity index (χ3v) is 3.00. The van der Waals surface area contributed by atoms with Crippen LogP contribution in [0.3, 0.4) is 0 Å². The highest BCUT2D eigenvalue weighted by atomic mass is 16.6. The topological polar surface area (TPSA) is 55.8 Å². The lowest BCUT2D eigenvalue weighted by Crippen LogP contribution is -2.40. The van der Waals surface area contributed by atoms with Gasteiger partial charge in [0, 0.05) is 14.1 Å². The van der Waals surface area contributed by atoms with Gasteiger partial charge in [-0.2, -0.15) is 0 Å². The van der Waals surface area contributed by atoms with Crippen molar-refractivity contribution < 1.29 is 19.1 Å². The van der Waals surface area contributed by atoms with Crippen LogP contribution >= 0.6 is 0 Å². The molecule has 0 heterocycles. The van der Waals surface area contributed by atoms with Crippen LogP contribution in [0.1, 0.15) is 39.5 Å². The number of ether oxygens (including phenoxy) is 2. The minimum Gasteiger partial charge on any atom is -0.458 e. The predicted molar refractivity (Wildman–Crippen MR) is 67.1 cm³/mol. The van der Waals surface area contributed by atoms with E-state index in [0.717, 1.165) is 25.7 Å². The maximum atomic E-state index is 11.6. The van der Waals surface area contributed by atoms with Gasteiger partial charge in [-0.25, -0.2) is 4.79 Å². The van der Waals surface area contributed by atoms with Crippen molar-refractivity contribution in [2.75, 3.05) is 14.1 Å². The molecule has 0 aromatic heterocycles. The summed E-state index contributed by atoms with van der Waals surface area (Å²) >= 11 is 0. The van der Waals surface area contributed by atoms with E-state index in [1.165, 1.54) is 4.90 Å². The maximum Gasteiger partial charge on any atom is 0.409 e. The lowest BCUT2D eigenvalue weighted by atomic mass is 9.94. The van der Waals surface area contributed by atoms with Crippen LogP contribution in [0.25, 0.3) is 0 Å². The Morgan fingerprint density at radius 2 is 1.56 bits per heavy atom. The highest BCUT2D eigenvalue weighted by Crippen LogP contribution is 2.25. The number of amides is 1. The van der Waals surface area contributed by atoms with Crippen LogP contribution in [0.2, 0.25) is 0 Å². The molecule has 0 saturated heterocycles. The normalized spacial score (nSPS) is 23.6. The van der Waals surface area contributed by atoms with E-state index >= 15 is 0 Å². The zero-order valence-electron chi connectivity index (χ0n) is 11.6. The highest BCUT2D eigenvalue weighted by molar-refractivity contribution is 5.72. The van der Waals surface area contributed by atoms with Gasteiger partial charge in [-0.3, -0.25) is 4.79 Å². The molecule has 0 spiro atoms. The van der Waals surface area contributed by atoms with Gasteiger partial charge in [0.1, 0.15) is 12.2 Å². The summed E-state index contributed by atoms with van der Waals surface area (Å²) in [7, 11) is 3.28. The summed E-state index contributed by atoms with van der Waals surface area (Å²) in [6, 6.07) is 0. The molecule has 0 aromatic rings. The second kappa shape index (κ2) is 6.61. The maximum absolute atomic E-state index is 11.6. The molecular weight excluding hydrogens is 234 g/mol. The minimum absolute atomic E-state index is 0.155. The molecule has 18 heavy (non-hydrogen) atoms. The van der Waals surface area contributed by atoms with Crippen molar-refractivity contribution in [1.82, 2.24) is 4.90 Å². The van der Waals surface area contributed by atoms with Crippen molar-refractivity contribution in [2.45, 2.75) is 51.7 Å². The molecule has 1 fully saturated rings. The van der Waals surface area contributed by atoms with E-state index < -0.39 is 0 Å². The fourth-order valence-corrected chi connectivity index (χ4v) is 1.85. The Kier molecular flexibility index (Phi) is 5.44. The summed E-state index contributed by atoms with van der Waals surface area (Å²) in [6.45, 7) is 3.60. The highest BCUT2D eigenvalue weighted by Gasteiger charge is 2.32. The third-order valence-electron chi connectivity index (χ3n) is 3.00. The van der Waals surface area contributed by atoms with Crippen molar-refractivity contribution in [3.63, 3.8) is 0 Å². The molecule has 0 aromatic carbocycles. The van der Waals surface area contributed by atoms with Crippen LogP contribution < -0.4 is 0 Å². The summed E-state index contributed by atoms with van der Waals surface area (Å²) in [5.74, 6) is -0.384. The van der Waals surface area contributed by atoms with Gasteiger partial charge in [-0.05, 0) is 25.7 Å². The number of rotatable bonds is 3. The SMILES string of the molecule is CC(C)C(=O)O[C@H]1CCCC[C@H]1OC(=O)N(C)C. The third kappa shape index (κ3) is 4.20. The molecule has 104 valence electrons. The Hall–Kier alpha value is -1.26. The Morgan fingerprint density at radius 1 is 1.06 bits per heavy atom. The fourth-order valence-electron chi connectivity index (χ4n) is 1.85. The van der Waals surface area contributed by atoms with Crippen LogP contribution in [-0.4, -0.2) is 43.3 Å². The molecule has 1 rings (SSSR count). The quantitative estimate of drug-likeness (QED) is 0.727. The van der Waals surface area contributed by atoms with E-state index in [9.17, 15) is 9.59 Å². The monoisotopic (exact) mass is 257 g/mol. The molecule has 1 aliphatic rings. The standard InChI is InChI=1S/C13H23NO4/c1-9(2)12(15)17-10-7-5-6-8-11(10)18-13(16)14(3)4/h9-11H,5-8H2,1-4H3/t10-,11+/m0/s1. The van der Waals surface area contributed by atoms with E-state index in [0.29, 0.717) is 0 Å². The summed E-state index contributed by atoms with van der Waals surface area (Å²) in [6.07, 6.45) is 2.55. The van der Waals surface area contributed by atoms with Gasteiger partial charge in [0.05, 0.1) is 5.92 Å². The molecule has 5 nitrogen and oxygen atoms in total. The van der Waals surface area contributed by atoms with E-state index in [1.54, 1.807) is 27.9 Å². The first kappa shape index (κ1) is 14.8. The molecule has 2 atom stereocenters. The van der Waals surface area contributed by atoms with E-state index in [2.05, 4.69) is 0 Å². The van der Waals surface area contributed by atoms with Crippen molar-refractivity contribution >= 4 is 12.1 Å². The molecule has 5 heteroatoms. The van der Waals surface area contributed by atoms with Crippen molar-refractivity contribution in [3.8, 4) is 0 Å². The number of hydrogen-bond acceptors (Lipinski definition) is 4. The van der Waals surface area contributed by atoms with Gasteiger partial charge >= 0.3 is 12.1 Å². The Bertz CT molecular complexity index is 271. The average molecular weight is 257 g/mol. The summed E-state index contributed by atoms with van der Waals surface area (Å²) in [4.78, 5) is 24.5. The Morgan fingerprint density at radius 3 is 2.00 bits per heavy atom. The molecular formula is C13H23NO4. The van der Waals surface area contributed by atoms with E-state index in [4.69, 9.17) is 9.47 Å². The van der Waals surface area contributed by atoms with Crippen LogP contribution in [0.15, 0.2) is 0 Å². The number of nitrogens with zero attached hydrogens (tertiary/aromatic N) is 1. The van der Waals surface area contributed by atoms with Crippen molar-refractivity contribution in [2.24, 2.45) is 5.92 Å². The number of hydrogen-bond donors (Lipinski definition) is 0. The Balaban J connectivity index is 2.57. The van der Waals surface area contributed by atoms with Gasteiger partial charge in [0.25, 0.3) is 0 Å². The number of carbonyl (C=O) groups excluding carboxylic acids is 2. The minimum atomic E-state index is -0.382. The smallest absolute Gasteiger partial charge is 0.409 e. The van der Waals surface area contributed by atoms with Gasteiger partial charge < -0.3 is 14.4 Å². The lowest BCUT2D eigenvalue weighted by molar-refractivity contribution is -0.161. The second-order valence-electron chi connectivity index (χ2n) is 5.23. The molecule has 1 amide bonds. The largest absolute Gasteiger partial charge is 0.458 e. The molecule has 0 bridgehead atoms. The van der Waals surface area contributed by atoms with Crippen LogP contribution in [0, 0.1) is 5.92 Å². The van der Waals surface area contributed by atoms with Crippen LogP contribution in [-0.2, 0) is 14.3 Å². The second-order valence-corrected chi connectivity index (χ2v) is 5.23. The zero-order chi connectivity index (χ0) is 13.7. The van der Waals surface area contributed by atoms with Crippen LogP contribution in [0.5, 0.6) is 0 Å². The molecule has 0 unspecified atom stereocenters. The molecule has 0 N–H and O–H groups in total. The van der Waals surface area contributed by atoms with E-state index in [1.807, 2.05) is 0 Å². The first-order valence-electron chi connectivity index (χ1n) is 6.50. The van der Waals surface area contributed by atoms with Crippen LogP contribution in [0.4, 0.5) is 4.79 Å². The molecule has 0 radical (unpaired) electrons. The Labute approximate surface area is 108 Å². The summed E-state index contributed by atoms with van der Waals surface area (Å²) < 4.78 is 10.8. The first-order chi connectivity index (χ1) is 8.41. The zero-order valence-corrected chi connectivity index (χ0v) is 11.6. The van der Waals surface area contributed by atoms with Gasteiger partial charge in [-0.15, -0.1) is 0 Å². The fraction of sp³-hybridized carbons (Fsp3) is 0.846. The van der Waals surface area contributed by atoms with Crippen molar-refractivity contribution in [1.29, 1.82) is 0 Å². The van der Waals surface area contributed by atoms with Gasteiger partial charge in [0.15, 0.2) is 0 Å². The lowest BCUT2D eigenvalue weighted by Gasteiger charge is -2.31. The number of carbonyl (C=O) groups is 2. The predicted octanol–water partition coefficient (Wildman–Crippen LogP) is 2.20. The first-order valence-corrected chi connectivity index (χ1v) is 6.50. The summed E-state index contributed by atoms with van der Waals surface area (Å²) in [5.41, 5.74) is 0. The summed E-state index contributed by atoms with van der Waals surface area (Å²) in [5, 5.41) is 0. The molecule has 1 aliphatic carbocycles. The number of esters is 1. The van der Waals surface area contributed by atoms with E-state index in [-0.39, 0.29) is 30.2 Å². The van der Waals surface area contributed by atoms with Crippen molar-refractivity contribution in [3.05, 3.63) is 0 Å². The average Bonchev–Trinajstić information content (AvgIpc) is 2.31. The van der Waals surface area contributed by atoms with Gasteiger partial charge in [0.2, 0.25) is 0 Å². The van der Waals surface area contributed by atoms with Gasteiger partial charge in [-0.1, -0.05) is 13.8 Å². The molecule has 0 aliphatic heterocycles.